The van der Waals surface area contributed by atoms with E-state index in [0.717, 1.165) is 0 Å². The van der Waals surface area contributed by atoms with Gasteiger partial charge in [0.05, 0.1) is 11.0 Å². The largest absolute Gasteiger partial charge is 0.457 e. The van der Waals surface area contributed by atoms with E-state index in [-0.39, 0.29) is 17.1 Å². The molecule has 2 rings (SSSR count). The van der Waals surface area contributed by atoms with Crippen LogP contribution >= 0.6 is 0 Å². The molecular formula is C12H10N2O5S. The first kappa shape index (κ1) is 14.0. The highest BCUT2D eigenvalue weighted by molar-refractivity contribution is 7.80. The van der Waals surface area contributed by atoms with Crippen LogP contribution in [-0.4, -0.2) is 13.7 Å². The van der Waals surface area contributed by atoms with Crippen LogP contribution in [0.1, 0.15) is 0 Å². The number of nitro benzene ring substituents is 1. The lowest BCUT2D eigenvalue weighted by molar-refractivity contribution is -0.383. The van der Waals surface area contributed by atoms with Gasteiger partial charge in [-0.3, -0.25) is 19.4 Å². The minimum Gasteiger partial charge on any atom is -0.457 e. The molecule has 7 nitrogen and oxygen atoms in total. The third kappa shape index (κ3) is 3.53. The van der Waals surface area contributed by atoms with Crippen LogP contribution in [0.4, 0.5) is 11.4 Å². The van der Waals surface area contributed by atoms with Crippen LogP contribution in [0.15, 0.2) is 48.5 Å². The molecule has 0 radical (unpaired) electrons. The Morgan fingerprint density at radius 1 is 1.15 bits per heavy atom. The normalized spacial score (nSPS) is 11.7. The fourth-order valence-electron chi connectivity index (χ4n) is 1.53. The molecule has 0 saturated carbocycles. The Hall–Kier alpha value is -2.45. The third-order valence-electron chi connectivity index (χ3n) is 2.34. The van der Waals surface area contributed by atoms with Crippen LogP contribution < -0.4 is 9.46 Å². The van der Waals surface area contributed by atoms with Crippen molar-refractivity contribution in [2.75, 3.05) is 4.72 Å². The van der Waals surface area contributed by atoms with Crippen molar-refractivity contribution in [3.05, 3.63) is 58.6 Å². The van der Waals surface area contributed by atoms with Crippen molar-refractivity contribution < 1.29 is 18.4 Å². The summed E-state index contributed by atoms with van der Waals surface area (Å²) in [5.41, 5.74) is -0.405. The van der Waals surface area contributed by atoms with Gasteiger partial charge >= 0.3 is 0 Å². The van der Waals surface area contributed by atoms with Gasteiger partial charge in [-0.1, -0.05) is 18.2 Å². The summed E-state index contributed by atoms with van der Waals surface area (Å²) >= 11 is -2.38. The molecule has 0 spiro atoms. The van der Waals surface area contributed by atoms with Gasteiger partial charge in [0, 0.05) is 0 Å². The monoisotopic (exact) mass is 294 g/mol. The summed E-state index contributed by atoms with van der Waals surface area (Å²) in [5, 5.41) is 10.9. The Bertz CT molecular complexity index is 648. The van der Waals surface area contributed by atoms with Gasteiger partial charge < -0.3 is 4.74 Å². The van der Waals surface area contributed by atoms with Gasteiger partial charge in [0.1, 0.15) is 17.2 Å². The average molecular weight is 294 g/mol. The molecule has 0 heterocycles. The molecule has 0 aliphatic rings. The van der Waals surface area contributed by atoms with Crippen molar-refractivity contribution in [1.29, 1.82) is 0 Å². The minimum absolute atomic E-state index is 0.0590. The first-order valence-corrected chi connectivity index (χ1v) is 6.56. The molecule has 2 aromatic carbocycles. The molecule has 0 aliphatic heterocycles. The summed E-state index contributed by atoms with van der Waals surface area (Å²) in [4.78, 5) is 10.3. The molecule has 0 bridgehead atoms. The minimum atomic E-state index is -2.38. The van der Waals surface area contributed by atoms with E-state index in [0.29, 0.717) is 5.75 Å². The first-order chi connectivity index (χ1) is 9.56. The number of nitrogens with one attached hydrogen (secondary N) is 1. The molecule has 0 saturated heterocycles. The second-order valence-electron chi connectivity index (χ2n) is 3.70. The summed E-state index contributed by atoms with van der Waals surface area (Å²) in [6.07, 6.45) is 0. The van der Waals surface area contributed by atoms with Gasteiger partial charge in [0.25, 0.3) is 17.0 Å². The van der Waals surface area contributed by atoms with Crippen LogP contribution in [0.2, 0.25) is 0 Å². The van der Waals surface area contributed by atoms with Gasteiger partial charge in [-0.2, -0.15) is 0 Å². The zero-order valence-corrected chi connectivity index (χ0v) is 10.9. The van der Waals surface area contributed by atoms with E-state index < -0.39 is 16.2 Å². The quantitative estimate of drug-likeness (QED) is 0.501. The number of anilines is 1. The van der Waals surface area contributed by atoms with Crippen molar-refractivity contribution in [2.24, 2.45) is 0 Å². The number of para-hydroxylation sites is 1. The zero-order chi connectivity index (χ0) is 14.5. The average Bonchev–Trinajstić information content (AvgIpc) is 2.41. The van der Waals surface area contributed by atoms with Crippen LogP contribution in [0.5, 0.6) is 11.5 Å². The number of ether oxygens (including phenoxy) is 1. The molecule has 1 unspecified atom stereocenters. The molecule has 0 aromatic heterocycles. The van der Waals surface area contributed by atoms with Crippen molar-refractivity contribution in [2.45, 2.75) is 0 Å². The summed E-state index contributed by atoms with van der Waals surface area (Å²) in [6.45, 7) is 0. The first-order valence-electron chi connectivity index (χ1n) is 5.45. The third-order valence-corrected chi connectivity index (χ3v) is 2.74. The fourth-order valence-corrected chi connectivity index (χ4v) is 1.89. The number of hydrogen-bond acceptors (Lipinski definition) is 4. The van der Waals surface area contributed by atoms with Crippen molar-refractivity contribution in [1.82, 2.24) is 0 Å². The second kappa shape index (κ2) is 6.13. The van der Waals surface area contributed by atoms with Crippen LogP contribution in [0.25, 0.3) is 0 Å². The van der Waals surface area contributed by atoms with E-state index in [1.165, 1.54) is 18.2 Å². The number of rotatable bonds is 5. The Morgan fingerprint density at radius 3 is 2.45 bits per heavy atom. The summed E-state index contributed by atoms with van der Waals surface area (Å²) in [7, 11) is 0. The standard InChI is InChI=1S/C12H10N2O5S/c15-14(16)12-8-10(6-7-11(12)13-20(17)18)19-9-4-2-1-3-5-9/h1-8,13H,(H,17,18). The van der Waals surface area contributed by atoms with E-state index in [1.807, 2.05) is 6.07 Å². The Kier molecular flexibility index (Phi) is 4.28. The number of nitrogens with zero attached hydrogens (tertiary/aromatic N) is 1. The summed E-state index contributed by atoms with van der Waals surface area (Å²) < 4.78 is 26.9. The maximum Gasteiger partial charge on any atom is 0.297 e. The molecule has 0 aliphatic carbocycles. The van der Waals surface area contributed by atoms with Gasteiger partial charge in [0.15, 0.2) is 0 Å². The van der Waals surface area contributed by atoms with Crippen molar-refractivity contribution in [3.63, 3.8) is 0 Å². The number of benzene rings is 2. The van der Waals surface area contributed by atoms with Crippen molar-refractivity contribution >= 4 is 22.6 Å². The fraction of sp³-hybridized carbons (Fsp3) is 0. The molecular weight excluding hydrogens is 284 g/mol. The molecule has 2 N–H and O–H groups in total. The second-order valence-corrected chi connectivity index (χ2v) is 4.40. The molecule has 104 valence electrons. The topological polar surface area (TPSA) is 102 Å². The number of nitro groups is 1. The lowest BCUT2D eigenvalue weighted by Gasteiger charge is -2.07. The highest BCUT2D eigenvalue weighted by Crippen LogP contribution is 2.31. The van der Waals surface area contributed by atoms with E-state index in [9.17, 15) is 14.3 Å². The van der Waals surface area contributed by atoms with Gasteiger partial charge in [-0.05, 0) is 24.3 Å². The Labute approximate surface area is 116 Å². The zero-order valence-electron chi connectivity index (χ0n) is 10.1. The Morgan fingerprint density at radius 2 is 1.85 bits per heavy atom. The lowest BCUT2D eigenvalue weighted by atomic mass is 10.2. The van der Waals surface area contributed by atoms with Crippen LogP contribution in [0, 0.1) is 10.1 Å². The molecule has 1 atom stereocenters. The molecule has 2 aromatic rings. The van der Waals surface area contributed by atoms with Crippen LogP contribution in [-0.2, 0) is 11.3 Å². The highest BCUT2D eigenvalue weighted by atomic mass is 32.2. The van der Waals surface area contributed by atoms with E-state index >= 15 is 0 Å². The maximum absolute atomic E-state index is 10.9. The Balaban J connectivity index is 2.30. The van der Waals surface area contributed by atoms with E-state index in [1.54, 1.807) is 24.3 Å². The predicted octanol–water partition coefficient (Wildman–Crippen LogP) is 2.94. The molecule has 8 heteroatoms. The van der Waals surface area contributed by atoms with E-state index in [2.05, 4.69) is 4.72 Å². The smallest absolute Gasteiger partial charge is 0.297 e. The maximum atomic E-state index is 10.9. The van der Waals surface area contributed by atoms with Crippen molar-refractivity contribution in [3.8, 4) is 11.5 Å². The SMILES string of the molecule is O=[N+]([O-])c1cc(Oc2ccccc2)ccc1NS(=O)O. The summed E-state index contributed by atoms with van der Waals surface area (Å²) in [6, 6.07) is 12.7. The van der Waals surface area contributed by atoms with Gasteiger partial charge in [0.2, 0.25) is 0 Å². The predicted molar refractivity (Wildman–Crippen MR) is 74.0 cm³/mol. The number of hydrogen-bond donors (Lipinski definition) is 2. The van der Waals surface area contributed by atoms with Gasteiger partial charge in [-0.25, -0.2) is 4.21 Å². The highest BCUT2D eigenvalue weighted by Gasteiger charge is 2.16. The molecule has 0 fully saturated rings. The van der Waals surface area contributed by atoms with E-state index in [4.69, 9.17) is 9.29 Å². The molecule has 20 heavy (non-hydrogen) atoms. The summed E-state index contributed by atoms with van der Waals surface area (Å²) in [5.74, 6) is 0.797. The molecule has 0 amide bonds. The van der Waals surface area contributed by atoms with Crippen LogP contribution in [0.3, 0.4) is 0 Å². The van der Waals surface area contributed by atoms with Gasteiger partial charge in [-0.15, -0.1) is 0 Å². The lowest BCUT2D eigenvalue weighted by Crippen LogP contribution is -2.04.